The molecule has 0 unspecified atom stereocenters. The number of hydrogen-bond acceptors (Lipinski definition) is 6. The van der Waals surface area contributed by atoms with Crippen LogP contribution in [-0.2, 0) is 19.6 Å². The summed E-state index contributed by atoms with van der Waals surface area (Å²) in [4.78, 5) is 23.8. The van der Waals surface area contributed by atoms with Gasteiger partial charge in [0.05, 0.1) is 17.6 Å². The molecular formula is C19H22N2O6S. The van der Waals surface area contributed by atoms with Crippen molar-refractivity contribution in [1.29, 1.82) is 0 Å². The van der Waals surface area contributed by atoms with Gasteiger partial charge < -0.3 is 14.8 Å². The average molecular weight is 406 g/mol. The Balaban J connectivity index is 2.27. The van der Waals surface area contributed by atoms with Gasteiger partial charge in [0.1, 0.15) is 5.75 Å². The number of aryl methyl sites for hydroxylation is 1. The molecule has 0 fully saturated rings. The molecule has 2 rings (SSSR count). The topological polar surface area (TPSA) is 111 Å². The second-order valence-corrected chi connectivity index (χ2v) is 7.65. The van der Waals surface area contributed by atoms with Gasteiger partial charge >= 0.3 is 5.97 Å². The number of rotatable bonds is 7. The minimum absolute atomic E-state index is 0.0633. The van der Waals surface area contributed by atoms with Crippen molar-refractivity contribution in [2.75, 3.05) is 18.9 Å². The maximum Gasteiger partial charge on any atom is 0.339 e. The fraction of sp³-hybridized carbons (Fsp3) is 0.263. The van der Waals surface area contributed by atoms with Gasteiger partial charge in [-0.1, -0.05) is 6.07 Å². The van der Waals surface area contributed by atoms with E-state index in [0.717, 1.165) is 0 Å². The minimum atomic E-state index is -3.93. The van der Waals surface area contributed by atoms with Crippen LogP contribution in [-0.4, -0.2) is 40.6 Å². The van der Waals surface area contributed by atoms with E-state index in [-0.39, 0.29) is 10.5 Å². The van der Waals surface area contributed by atoms with Gasteiger partial charge in [0.2, 0.25) is 0 Å². The molecule has 8 nitrogen and oxygen atoms in total. The standard InChI is InChI=1S/C19H22N2O6S/c1-12-5-10-16(11-17(12)19(23)27-13(2)18(22)20-3)28(24,25)21-14-6-8-15(26-4)9-7-14/h5-11,13,21H,1-4H3,(H,20,22)/t13-/m0/s1. The number of esters is 1. The van der Waals surface area contributed by atoms with E-state index in [2.05, 4.69) is 10.0 Å². The molecule has 0 aliphatic rings. The van der Waals surface area contributed by atoms with Gasteiger partial charge in [-0.05, 0) is 55.8 Å². The molecule has 0 heterocycles. The molecule has 28 heavy (non-hydrogen) atoms. The first-order valence-corrected chi connectivity index (χ1v) is 9.86. The van der Waals surface area contributed by atoms with Crippen molar-refractivity contribution in [3.8, 4) is 5.75 Å². The van der Waals surface area contributed by atoms with Crippen LogP contribution in [0.2, 0.25) is 0 Å². The summed E-state index contributed by atoms with van der Waals surface area (Å²) in [6, 6.07) is 10.5. The van der Waals surface area contributed by atoms with Crippen LogP contribution in [0.15, 0.2) is 47.4 Å². The molecule has 0 radical (unpaired) electrons. The molecule has 0 spiro atoms. The van der Waals surface area contributed by atoms with Gasteiger partial charge in [-0.3, -0.25) is 9.52 Å². The number of nitrogens with one attached hydrogen (secondary N) is 2. The van der Waals surface area contributed by atoms with Crippen LogP contribution in [0.1, 0.15) is 22.8 Å². The van der Waals surface area contributed by atoms with Crippen molar-refractivity contribution in [1.82, 2.24) is 5.32 Å². The van der Waals surface area contributed by atoms with Crippen LogP contribution >= 0.6 is 0 Å². The maximum absolute atomic E-state index is 12.7. The fourth-order valence-corrected chi connectivity index (χ4v) is 3.43. The summed E-state index contributed by atoms with van der Waals surface area (Å²) in [5.74, 6) is -0.653. The SMILES string of the molecule is CNC(=O)[C@H](C)OC(=O)c1cc(S(=O)(=O)Nc2ccc(OC)cc2)ccc1C. The number of methoxy groups -OCH3 is 1. The van der Waals surface area contributed by atoms with E-state index in [9.17, 15) is 18.0 Å². The van der Waals surface area contributed by atoms with Gasteiger partial charge in [-0.2, -0.15) is 0 Å². The van der Waals surface area contributed by atoms with E-state index in [1.807, 2.05) is 0 Å². The molecule has 2 aromatic carbocycles. The number of amides is 1. The van der Waals surface area contributed by atoms with Crippen LogP contribution in [0.3, 0.4) is 0 Å². The van der Waals surface area contributed by atoms with Crippen molar-refractivity contribution in [2.24, 2.45) is 0 Å². The maximum atomic E-state index is 12.7. The van der Waals surface area contributed by atoms with Crippen LogP contribution in [0.25, 0.3) is 0 Å². The number of anilines is 1. The number of carbonyl (C=O) groups is 2. The molecule has 9 heteroatoms. The van der Waals surface area contributed by atoms with E-state index in [0.29, 0.717) is 17.0 Å². The first-order valence-electron chi connectivity index (χ1n) is 8.38. The molecule has 0 aliphatic carbocycles. The first kappa shape index (κ1) is 21.2. The monoisotopic (exact) mass is 406 g/mol. The Morgan fingerprint density at radius 2 is 1.71 bits per heavy atom. The second-order valence-electron chi connectivity index (χ2n) is 5.97. The third-order valence-corrected chi connectivity index (χ3v) is 5.36. The Kier molecular flexibility index (Phi) is 6.63. The summed E-state index contributed by atoms with van der Waals surface area (Å²) >= 11 is 0. The second kappa shape index (κ2) is 8.75. The molecular weight excluding hydrogens is 384 g/mol. The van der Waals surface area contributed by atoms with Crippen LogP contribution < -0.4 is 14.8 Å². The average Bonchev–Trinajstić information content (AvgIpc) is 2.67. The highest BCUT2D eigenvalue weighted by atomic mass is 32.2. The number of likely N-dealkylation sites (N-methyl/N-ethyl adjacent to an activating group) is 1. The molecule has 1 amide bonds. The zero-order chi connectivity index (χ0) is 20.9. The Hall–Kier alpha value is -3.07. The van der Waals surface area contributed by atoms with Crippen molar-refractivity contribution >= 4 is 27.6 Å². The summed E-state index contributed by atoms with van der Waals surface area (Å²) < 4.78 is 37.9. The Labute approximate surface area is 163 Å². The lowest BCUT2D eigenvalue weighted by molar-refractivity contribution is -0.128. The third kappa shape index (κ3) is 5.01. The zero-order valence-electron chi connectivity index (χ0n) is 16.0. The quantitative estimate of drug-likeness (QED) is 0.681. The van der Waals surface area contributed by atoms with Crippen molar-refractivity contribution in [3.05, 3.63) is 53.6 Å². The first-order chi connectivity index (χ1) is 13.2. The van der Waals surface area contributed by atoms with Crippen molar-refractivity contribution < 1.29 is 27.5 Å². The third-order valence-electron chi connectivity index (χ3n) is 3.98. The highest BCUT2D eigenvalue weighted by Crippen LogP contribution is 2.22. The number of ether oxygens (including phenoxy) is 2. The number of hydrogen-bond donors (Lipinski definition) is 2. The van der Waals surface area contributed by atoms with Crippen molar-refractivity contribution in [2.45, 2.75) is 24.8 Å². The Morgan fingerprint density at radius 1 is 1.07 bits per heavy atom. The number of sulfonamides is 1. The van der Waals surface area contributed by atoms with Gasteiger partial charge in [0, 0.05) is 12.7 Å². The molecule has 2 N–H and O–H groups in total. The Bertz CT molecular complexity index is 970. The molecule has 0 aliphatic heterocycles. The van der Waals surface area contributed by atoms with E-state index in [1.165, 1.54) is 39.3 Å². The molecule has 150 valence electrons. The van der Waals surface area contributed by atoms with E-state index in [4.69, 9.17) is 9.47 Å². The Morgan fingerprint density at radius 3 is 2.29 bits per heavy atom. The minimum Gasteiger partial charge on any atom is -0.497 e. The molecule has 0 aromatic heterocycles. The van der Waals surface area contributed by atoms with E-state index in [1.54, 1.807) is 31.2 Å². The lowest BCUT2D eigenvalue weighted by Gasteiger charge is -2.14. The highest BCUT2D eigenvalue weighted by molar-refractivity contribution is 7.92. The summed E-state index contributed by atoms with van der Waals surface area (Å²) in [6.45, 7) is 3.08. The number of benzene rings is 2. The van der Waals surface area contributed by atoms with Crippen LogP contribution in [0.5, 0.6) is 5.75 Å². The number of carbonyl (C=O) groups excluding carboxylic acids is 2. The fourth-order valence-electron chi connectivity index (χ4n) is 2.34. The molecule has 0 bridgehead atoms. The van der Waals surface area contributed by atoms with Crippen LogP contribution in [0, 0.1) is 6.92 Å². The highest BCUT2D eigenvalue weighted by Gasteiger charge is 2.22. The predicted octanol–water partition coefficient (Wildman–Crippen LogP) is 2.10. The van der Waals surface area contributed by atoms with Gasteiger partial charge in [0.25, 0.3) is 15.9 Å². The van der Waals surface area contributed by atoms with Gasteiger partial charge in [0.15, 0.2) is 6.10 Å². The van der Waals surface area contributed by atoms with E-state index < -0.39 is 28.0 Å². The van der Waals surface area contributed by atoms with Crippen LogP contribution in [0.4, 0.5) is 5.69 Å². The summed E-state index contributed by atoms with van der Waals surface area (Å²) in [5, 5.41) is 2.38. The van der Waals surface area contributed by atoms with Crippen molar-refractivity contribution in [3.63, 3.8) is 0 Å². The zero-order valence-corrected chi connectivity index (χ0v) is 16.8. The smallest absolute Gasteiger partial charge is 0.339 e. The summed E-state index contributed by atoms with van der Waals surface area (Å²) in [6.07, 6.45) is -1.01. The molecule has 0 saturated heterocycles. The van der Waals surface area contributed by atoms with E-state index >= 15 is 0 Å². The largest absolute Gasteiger partial charge is 0.497 e. The van der Waals surface area contributed by atoms with Gasteiger partial charge in [-0.25, -0.2) is 13.2 Å². The lowest BCUT2D eigenvalue weighted by atomic mass is 10.1. The summed E-state index contributed by atoms with van der Waals surface area (Å²) in [5.41, 5.74) is 0.935. The molecule has 2 aromatic rings. The van der Waals surface area contributed by atoms with Gasteiger partial charge in [-0.15, -0.1) is 0 Å². The summed E-state index contributed by atoms with van der Waals surface area (Å²) in [7, 11) is -0.995. The molecule has 0 saturated carbocycles. The predicted molar refractivity (Wildman–Crippen MR) is 104 cm³/mol. The normalized spacial score (nSPS) is 12.0. The molecule has 1 atom stereocenters. The lowest BCUT2D eigenvalue weighted by Crippen LogP contribution is -2.33.